The Morgan fingerprint density at radius 3 is 2.28 bits per heavy atom. The minimum absolute atomic E-state index is 0.0127. The second kappa shape index (κ2) is 8.96. The van der Waals surface area contributed by atoms with Gasteiger partial charge in [0.2, 0.25) is 10.0 Å². The van der Waals surface area contributed by atoms with Gasteiger partial charge in [0.1, 0.15) is 17.5 Å². The van der Waals surface area contributed by atoms with Crippen molar-refractivity contribution in [2.45, 2.75) is 18.6 Å². The van der Waals surface area contributed by atoms with Crippen molar-refractivity contribution in [2.24, 2.45) is 5.92 Å². The molecule has 0 saturated carbocycles. The van der Waals surface area contributed by atoms with Crippen LogP contribution in [0.3, 0.4) is 0 Å². The molecule has 1 heterocycles. The van der Waals surface area contributed by atoms with Crippen LogP contribution in [0, 0.1) is 23.4 Å². The number of hydrogen-bond donors (Lipinski definition) is 1. The lowest BCUT2D eigenvalue weighted by Crippen LogP contribution is -2.42. The summed E-state index contributed by atoms with van der Waals surface area (Å²) in [4.78, 5) is 14.0. The van der Waals surface area contributed by atoms with Gasteiger partial charge in [-0.1, -0.05) is 12.1 Å². The zero-order valence-corrected chi connectivity index (χ0v) is 16.4. The number of carbonyl (C=O) groups excluding carboxylic acids is 1. The van der Waals surface area contributed by atoms with Crippen LogP contribution in [-0.4, -0.2) is 38.9 Å². The number of carbonyl (C=O) groups is 1. The van der Waals surface area contributed by atoms with Crippen LogP contribution in [0.2, 0.25) is 0 Å². The van der Waals surface area contributed by atoms with Gasteiger partial charge in [0.05, 0.1) is 11.3 Å². The van der Waals surface area contributed by atoms with Crippen molar-refractivity contribution in [3.8, 4) is 0 Å². The molecule has 1 aliphatic heterocycles. The molecule has 29 heavy (non-hydrogen) atoms. The highest BCUT2D eigenvalue weighted by atomic mass is 32.2. The molecule has 156 valence electrons. The third-order valence-corrected chi connectivity index (χ3v) is 6.20. The number of hydrogen-bond acceptors (Lipinski definition) is 3. The first-order valence-electron chi connectivity index (χ1n) is 9.19. The van der Waals surface area contributed by atoms with Gasteiger partial charge in [0, 0.05) is 25.7 Å². The lowest BCUT2D eigenvalue weighted by atomic mass is 9.96. The molecule has 3 rings (SSSR count). The highest BCUT2D eigenvalue weighted by molar-refractivity contribution is 7.88. The lowest BCUT2D eigenvalue weighted by Gasteiger charge is -2.32. The Kier molecular flexibility index (Phi) is 6.59. The molecule has 2 aromatic carbocycles. The highest BCUT2D eigenvalue weighted by Crippen LogP contribution is 2.20. The smallest absolute Gasteiger partial charge is 0.256 e. The van der Waals surface area contributed by atoms with Crippen molar-refractivity contribution in [1.82, 2.24) is 9.62 Å². The van der Waals surface area contributed by atoms with Crippen LogP contribution in [0.4, 0.5) is 13.2 Å². The Morgan fingerprint density at radius 1 is 1.03 bits per heavy atom. The molecule has 1 fully saturated rings. The van der Waals surface area contributed by atoms with E-state index >= 15 is 0 Å². The third-order valence-electron chi connectivity index (χ3n) is 4.88. The first-order valence-corrected chi connectivity index (χ1v) is 10.8. The fourth-order valence-corrected chi connectivity index (χ4v) is 4.55. The van der Waals surface area contributed by atoms with Crippen LogP contribution in [0.5, 0.6) is 0 Å². The molecular formula is C20H21F3N2O3S. The van der Waals surface area contributed by atoms with Crippen LogP contribution in [0.25, 0.3) is 0 Å². The van der Waals surface area contributed by atoms with Crippen molar-refractivity contribution < 1.29 is 26.4 Å². The van der Waals surface area contributed by atoms with E-state index in [1.54, 1.807) is 11.0 Å². The summed E-state index contributed by atoms with van der Waals surface area (Å²) in [5.41, 5.74) is 0.0503. The highest BCUT2D eigenvalue weighted by Gasteiger charge is 2.26. The molecule has 0 aromatic heterocycles. The molecule has 0 bridgehead atoms. The van der Waals surface area contributed by atoms with Crippen molar-refractivity contribution in [3.63, 3.8) is 0 Å². The van der Waals surface area contributed by atoms with Crippen LogP contribution in [0.15, 0.2) is 42.5 Å². The Balaban J connectivity index is 1.50. The zero-order valence-electron chi connectivity index (χ0n) is 15.6. The molecule has 9 heteroatoms. The predicted molar refractivity (Wildman–Crippen MR) is 102 cm³/mol. The van der Waals surface area contributed by atoms with Gasteiger partial charge in [0.15, 0.2) is 0 Å². The summed E-state index contributed by atoms with van der Waals surface area (Å²) in [6.45, 7) is 0.963. The topological polar surface area (TPSA) is 66.5 Å². The minimum atomic E-state index is -3.76. The van der Waals surface area contributed by atoms with Gasteiger partial charge in [-0.3, -0.25) is 4.79 Å². The normalized spacial score (nSPS) is 15.5. The maximum absolute atomic E-state index is 13.8. The van der Waals surface area contributed by atoms with Gasteiger partial charge < -0.3 is 4.90 Å². The average Bonchev–Trinajstić information content (AvgIpc) is 2.65. The van der Waals surface area contributed by atoms with Crippen LogP contribution in [0.1, 0.15) is 28.8 Å². The monoisotopic (exact) mass is 426 g/mol. The van der Waals surface area contributed by atoms with E-state index in [1.165, 1.54) is 18.2 Å². The summed E-state index contributed by atoms with van der Waals surface area (Å²) in [5.74, 6) is -3.12. The molecule has 0 spiro atoms. The van der Waals surface area contributed by atoms with Gasteiger partial charge in [-0.2, -0.15) is 0 Å². The third kappa shape index (κ3) is 5.80. The number of amides is 1. The summed E-state index contributed by atoms with van der Waals surface area (Å²) >= 11 is 0. The average molecular weight is 426 g/mol. The molecule has 2 aromatic rings. The van der Waals surface area contributed by atoms with Gasteiger partial charge >= 0.3 is 0 Å². The number of sulfonamides is 1. The van der Waals surface area contributed by atoms with Gasteiger partial charge in [0.25, 0.3) is 5.91 Å². The SMILES string of the molecule is O=C(c1ccccc1F)N1CCC(CNS(=O)(=O)Cc2cc(F)cc(F)c2)CC1. The molecule has 5 nitrogen and oxygen atoms in total. The number of halogens is 3. The summed E-state index contributed by atoms with van der Waals surface area (Å²) in [5, 5.41) is 0. The second-order valence-corrected chi connectivity index (χ2v) is 8.91. The standard InChI is InChI=1S/C20H21F3N2O3S/c21-16-9-15(10-17(22)11-16)13-29(27,28)24-12-14-5-7-25(8-6-14)20(26)18-3-1-2-4-19(18)23/h1-4,9-11,14,24H,5-8,12-13H2. The van der Waals surface area contributed by atoms with Gasteiger partial charge in [-0.05, 0) is 48.6 Å². The van der Waals surface area contributed by atoms with Gasteiger partial charge in [-0.25, -0.2) is 26.3 Å². The number of likely N-dealkylation sites (tertiary alicyclic amines) is 1. The quantitative estimate of drug-likeness (QED) is 0.772. The second-order valence-electron chi connectivity index (χ2n) is 7.10. The minimum Gasteiger partial charge on any atom is -0.339 e. The van der Waals surface area contributed by atoms with E-state index in [-0.39, 0.29) is 29.5 Å². The Bertz CT molecular complexity index is 970. The maximum Gasteiger partial charge on any atom is 0.256 e. The fraction of sp³-hybridized carbons (Fsp3) is 0.350. The predicted octanol–water partition coefficient (Wildman–Crippen LogP) is 3.08. The number of nitrogens with zero attached hydrogens (tertiary/aromatic N) is 1. The summed E-state index contributed by atoms with van der Waals surface area (Å²) in [7, 11) is -3.76. The number of nitrogens with one attached hydrogen (secondary N) is 1. The molecule has 0 aliphatic carbocycles. The molecule has 1 aliphatic rings. The molecule has 1 N–H and O–H groups in total. The molecule has 0 radical (unpaired) electrons. The van der Waals surface area contributed by atoms with Crippen LogP contribution in [-0.2, 0) is 15.8 Å². The molecule has 0 unspecified atom stereocenters. The van der Waals surface area contributed by atoms with Crippen molar-refractivity contribution >= 4 is 15.9 Å². The van der Waals surface area contributed by atoms with E-state index in [9.17, 15) is 26.4 Å². The molecular weight excluding hydrogens is 405 g/mol. The Morgan fingerprint density at radius 2 is 1.66 bits per heavy atom. The fourth-order valence-electron chi connectivity index (χ4n) is 3.35. The molecule has 1 saturated heterocycles. The first kappa shape index (κ1) is 21.3. The lowest BCUT2D eigenvalue weighted by molar-refractivity contribution is 0.0687. The van der Waals surface area contributed by atoms with Crippen molar-refractivity contribution in [2.75, 3.05) is 19.6 Å². The number of rotatable bonds is 6. The van der Waals surface area contributed by atoms with Gasteiger partial charge in [-0.15, -0.1) is 0 Å². The Labute approximate surface area is 167 Å². The largest absolute Gasteiger partial charge is 0.339 e. The number of benzene rings is 2. The zero-order chi connectivity index (χ0) is 21.0. The summed E-state index contributed by atoms with van der Waals surface area (Å²) in [6, 6.07) is 8.43. The van der Waals surface area contributed by atoms with Crippen molar-refractivity contribution in [3.05, 3.63) is 71.0 Å². The van der Waals surface area contributed by atoms with Crippen LogP contribution < -0.4 is 4.72 Å². The summed E-state index contributed by atoms with van der Waals surface area (Å²) < 4.78 is 67.1. The van der Waals surface area contributed by atoms with E-state index in [1.807, 2.05) is 0 Å². The number of piperidine rings is 1. The van der Waals surface area contributed by atoms with E-state index in [0.29, 0.717) is 32.0 Å². The summed E-state index contributed by atoms with van der Waals surface area (Å²) in [6.07, 6.45) is 1.13. The van der Waals surface area contributed by atoms with E-state index < -0.39 is 33.2 Å². The van der Waals surface area contributed by atoms with Crippen LogP contribution >= 0.6 is 0 Å². The Hall–Kier alpha value is -2.39. The maximum atomic E-state index is 13.8. The van der Waals surface area contributed by atoms with E-state index in [0.717, 1.165) is 12.1 Å². The first-order chi connectivity index (χ1) is 13.7. The van der Waals surface area contributed by atoms with E-state index in [4.69, 9.17) is 0 Å². The molecule has 0 atom stereocenters. The van der Waals surface area contributed by atoms with Crippen molar-refractivity contribution in [1.29, 1.82) is 0 Å². The molecule has 1 amide bonds. The van der Waals surface area contributed by atoms with E-state index in [2.05, 4.69) is 4.72 Å².